The monoisotopic (exact) mass is 392 g/mol. The van der Waals surface area contributed by atoms with E-state index in [9.17, 15) is 9.59 Å². The van der Waals surface area contributed by atoms with Crippen LogP contribution in [-0.4, -0.2) is 26.2 Å². The van der Waals surface area contributed by atoms with E-state index >= 15 is 0 Å². The molecule has 134 valence electrons. The van der Waals surface area contributed by atoms with Crippen LogP contribution in [0.15, 0.2) is 42.1 Å². The molecule has 3 rings (SSSR count). The predicted molar refractivity (Wildman–Crippen MR) is 100 cm³/mol. The summed E-state index contributed by atoms with van der Waals surface area (Å²) in [6.45, 7) is 0. The normalized spacial score (nSPS) is 15.4. The first-order valence-corrected chi connectivity index (χ1v) is 8.24. The van der Waals surface area contributed by atoms with Crippen molar-refractivity contribution in [3.63, 3.8) is 0 Å². The molecular weight excluding hydrogens is 379 g/mol. The lowest BCUT2D eigenvalue weighted by molar-refractivity contribution is -0.113. The fraction of sp³-hybridized carbons (Fsp3) is 0.111. The summed E-state index contributed by atoms with van der Waals surface area (Å²) in [6.07, 6.45) is 1.52. The van der Waals surface area contributed by atoms with Gasteiger partial charge < -0.3 is 14.8 Å². The molecule has 1 aliphatic heterocycles. The summed E-state index contributed by atoms with van der Waals surface area (Å²) >= 11 is 12.0. The molecule has 8 heteroatoms. The Kier molecular flexibility index (Phi) is 5.06. The fourth-order valence-electron chi connectivity index (χ4n) is 2.55. The van der Waals surface area contributed by atoms with Gasteiger partial charge in [-0.1, -0.05) is 23.2 Å². The second-order valence-electron chi connectivity index (χ2n) is 5.34. The third-order valence-corrected chi connectivity index (χ3v) is 4.26. The Morgan fingerprint density at radius 3 is 2.35 bits per heavy atom. The van der Waals surface area contributed by atoms with Gasteiger partial charge in [0.05, 0.1) is 24.9 Å². The van der Waals surface area contributed by atoms with Crippen molar-refractivity contribution in [2.24, 2.45) is 0 Å². The molecule has 0 aliphatic carbocycles. The Hall–Kier alpha value is -2.70. The Morgan fingerprint density at radius 1 is 1.04 bits per heavy atom. The minimum atomic E-state index is -0.546. The van der Waals surface area contributed by atoms with Gasteiger partial charge in [0.25, 0.3) is 5.91 Å². The largest absolute Gasteiger partial charge is 0.493 e. The van der Waals surface area contributed by atoms with Crippen molar-refractivity contribution in [1.82, 2.24) is 5.32 Å². The third kappa shape index (κ3) is 3.34. The number of amides is 3. The number of nitrogens with one attached hydrogen (secondary N) is 1. The molecule has 0 radical (unpaired) electrons. The van der Waals surface area contributed by atoms with Crippen LogP contribution in [0.3, 0.4) is 0 Å². The molecule has 0 unspecified atom stereocenters. The molecule has 6 nitrogen and oxygen atoms in total. The van der Waals surface area contributed by atoms with Gasteiger partial charge >= 0.3 is 6.03 Å². The van der Waals surface area contributed by atoms with E-state index in [0.29, 0.717) is 32.8 Å². The van der Waals surface area contributed by atoms with Crippen molar-refractivity contribution in [2.45, 2.75) is 0 Å². The highest BCUT2D eigenvalue weighted by Crippen LogP contribution is 2.36. The molecule has 2 aromatic rings. The number of carbonyl (C=O) groups excluding carboxylic acids is 2. The maximum Gasteiger partial charge on any atom is 0.333 e. The van der Waals surface area contributed by atoms with Gasteiger partial charge in [0.15, 0.2) is 11.5 Å². The minimum Gasteiger partial charge on any atom is -0.493 e. The number of hydrogen-bond donors (Lipinski definition) is 1. The molecule has 1 heterocycles. The number of methoxy groups -OCH3 is 2. The predicted octanol–water partition coefficient (Wildman–Crippen LogP) is 4.11. The standard InChI is InChI=1S/C18H14Cl2N2O4/c1-25-15-9-10(7-13(20)16(15)26-2)8-14-17(23)22(18(24)21-14)12-5-3-11(19)4-6-12/h3-9H,1-2H3,(H,21,24)/b14-8+. The van der Waals surface area contributed by atoms with Gasteiger partial charge in [0.2, 0.25) is 0 Å². The molecule has 0 aromatic heterocycles. The minimum absolute atomic E-state index is 0.119. The average molecular weight is 393 g/mol. The number of carbonyl (C=O) groups is 2. The van der Waals surface area contributed by atoms with Gasteiger partial charge in [0, 0.05) is 5.02 Å². The van der Waals surface area contributed by atoms with Crippen LogP contribution >= 0.6 is 23.2 Å². The number of imide groups is 1. The molecule has 0 spiro atoms. The van der Waals surface area contributed by atoms with E-state index in [2.05, 4.69) is 5.32 Å². The summed E-state index contributed by atoms with van der Waals surface area (Å²) in [7, 11) is 2.96. The van der Waals surface area contributed by atoms with E-state index in [1.165, 1.54) is 20.3 Å². The van der Waals surface area contributed by atoms with Crippen molar-refractivity contribution in [2.75, 3.05) is 19.1 Å². The van der Waals surface area contributed by atoms with Crippen molar-refractivity contribution in [3.05, 3.63) is 57.7 Å². The zero-order chi connectivity index (χ0) is 18.8. The topological polar surface area (TPSA) is 67.9 Å². The summed E-state index contributed by atoms with van der Waals surface area (Å²) in [4.78, 5) is 25.9. The quantitative estimate of drug-likeness (QED) is 0.627. The Balaban J connectivity index is 1.95. The summed E-state index contributed by atoms with van der Waals surface area (Å²) in [5.74, 6) is 0.322. The van der Waals surface area contributed by atoms with Crippen molar-refractivity contribution in [3.8, 4) is 11.5 Å². The van der Waals surface area contributed by atoms with Crippen LogP contribution in [0.1, 0.15) is 5.56 Å². The van der Waals surface area contributed by atoms with Crippen LogP contribution in [-0.2, 0) is 4.79 Å². The van der Waals surface area contributed by atoms with Crippen LogP contribution in [0.2, 0.25) is 10.0 Å². The van der Waals surface area contributed by atoms with Crippen molar-refractivity contribution in [1.29, 1.82) is 0 Å². The molecular formula is C18H14Cl2N2O4. The number of nitrogens with zero attached hydrogens (tertiary/aromatic N) is 1. The molecule has 2 aromatic carbocycles. The van der Waals surface area contributed by atoms with Crippen LogP contribution in [0.25, 0.3) is 6.08 Å². The molecule has 1 saturated heterocycles. The zero-order valence-electron chi connectivity index (χ0n) is 13.9. The van der Waals surface area contributed by atoms with E-state index in [4.69, 9.17) is 32.7 Å². The fourth-order valence-corrected chi connectivity index (χ4v) is 2.97. The summed E-state index contributed by atoms with van der Waals surface area (Å²) in [5.41, 5.74) is 1.12. The molecule has 1 aliphatic rings. The highest BCUT2D eigenvalue weighted by Gasteiger charge is 2.34. The SMILES string of the molecule is COc1cc(/C=C2/NC(=O)N(c3ccc(Cl)cc3)C2=O)cc(Cl)c1OC. The molecule has 3 amide bonds. The molecule has 1 fully saturated rings. The molecule has 0 atom stereocenters. The van der Waals surface area contributed by atoms with E-state index < -0.39 is 11.9 Å². The highest BCUT2D eigenvalue weighted by atomic mass is 35.5. The zero-order valence-corrected chi connectivity index (χ0v) is 15.4. The smallest absolute Gasteiger partial charge is 0.333 e. The van der Waals surface area contributed by atoms with Gasteiger partial charge in [-0.3, -0.25) is 4.79 Å². The highest BCUT2D eigenvalue weighted by molar-refractivity contribution is 6.33. The first-order valence-electron chi connectivity index (χ1n) is 7.49. The van der Waals surface area contributed by atoms with E-state index in [0.717, 1.165) is 4.90 Å². The third-order valence-electron chi connectivity index (χ3n) is 3.73. The molecule has 0 saturated carbocycles. The summed E-state index contributed by atoms with van der Waals surface area (Å²) in [6, 6.07) is 9.12. The summed E-state index contributed by atoms with van der Waals surface area (Å²) in [5, 5.41) is 3.39. The van der Waals surface area contributed by atoms with E-state index in [-0.39, 0.29) is 5.70 Å². The van der Waals surface area contributed by atoms with Gasteiger partial charge in [-0.2, -0.15) is 0 Å². The van der Waals surface area contributed by atoms with Gasteiger partial charge in [-0.25, -0.2) is 9.69 Å². The first kappa shape index (κ1) is 18.1. The number of rotatable bonds is 4. The van der Waals surface area contributed by atoms with Gasteiger partial charge in [0.1, 0.15) is 5.70 Å². The molecule has 26 heavy (non-hydrogen) atoms. The molecule has 1 N–H and O–H groups in total. The van der Waals surface area contributed by atoms with Crippen molar-refractivity contribution >= 4 is 46.9 Å². The lowest BCUT2D eigenvalue weighted by atomic mass is 10.1. The van der Waals surface area contributed by atoms with Crippen LogP contribution in [0, 0.1) is 0 Å². The second kappa shape index (κ2) is 7.27. The van der Waals surface area contributed by atoms with Crippen LogP contribution < -0.4 is 19.7 Å². The Labute approximate surface area is 159 Å². The van der Waals surface area contributed by atoms with E-state index in [1.807, 2.05) is 0 Å². The summed E-state index contributed by atoms with van der Waals surface area (Å²) < 4.78 is 10.4. The number of hydrogen-bond acceptors (Lipinski definition) is 4. The first-order chi connectivity index (χ1) is 12.4. The van der Waals surface area contributed by atoms with Gasteiger partial charge in [-0.05, 0) is 48.0 Å². The van der Waals surface area contributed by atoms with Crippen molar-refractivity contribution < 1.29 is 19.1 Å². The second-order valence-corrected chi connectivity index (χ2v) is 6.19. The average Bonchev–Trinajstić information content (AvgIpc) is 2.89. The van der Waals surface area contributed by atoms with Gasteiger partial charge in [-0.15, -0.1) is 0 Å². The maximum absolute atomic E-state index is 12.6. The Morgan fingerprint density at radius 2 is 1.73 bits per heavy atom. The number of anilines is 1. The number of ether oxygens (including phenoxy) is 2. The molecule has 0 bridgehead atoms. The maximum atomic E-state index is 12.6. The lowest BCUT2D eigenvalue weighted by Gasteiger charge is -2.11. The number of halogens is 2. The van der Waals surface area contributed by atoms with Crippen LogP contribution in [0.4, 0.5) is 10.5 Å². The Bertz CT molecular complexity index is 910. The number of urea groups is 1. The van der Waals surface area contributed by atoms with E-state index in [1.54, 1.807) is 36.4 Å². The number of benzene rings is 2. The van der Waals surface area contributed by atoms with Crippen LogP contribution in [0.5, 0.6) is 11.5 Å². The lowest BCUT2D eigenvalue weighted by Crippen LogP contribution is -2.30.